The van der Waals surface area contributed by atoms with Gasteiger partial charge in [-0.1, -0.05) is 18.2 Å². The van der Waals surface area contributed by atoms with Crippen molar-refractivity contribution in [1.82, 2.24) is 4.31 Å². The van der Waals surface area contributed by atoms with Crippen LogP contribution >= 0.6 is 0 Å². The van der Waals surface area contributed by atoms with E-state index in [0.29, 0.717) is 5.56 Å². The molecule has 148 valence electrons. The predicted molar refractivity (Wildman–Crippen MR) is 99.5 cm³/mol. The summed E-state index contributed by atoms with van der Waals surface area (Å²) in [6.45, 7) is 8.20. The van der Waals surface area contributed by atoms with Crippen LogP contribution in [0.2, 0.25) is 0 Å². The van der Waals surface area contributed by atoms with Crippen molar-refractivity contribution in [2.45, 2.75) is 50.9 Å². The Balaban J connectivity index is 1.69. The van der Waals surface area contributed by atoms with Crippen molar-refractivity contribution in [3.8, 4) is 0 Å². The molecule has 0 saturated carbocycles. The van der Waals surface area contributed by atoms with Crippen molar-refractivity contribution in [2.75, 3.05) is 13.1 Å². The van der Waals surface area contributed by atoms with E-state index in [1.54, 1.807) is 6.07 Å². The minimum atomic E-state index is -3.63. The minimum absolute atomic E-state index is 0.125. The Morgan fingerprint density at radius 3 is 2.44 bits per heavy atom. The summed E-state index contributed by atoms with van der Waals surface area (Å²) in [6, 6.07) is 5.68. The first kappa shape index (κ1) is 19.9. The number of rotatable bonds is 5. The van der Waals surface area contributed by atoms with Gasteiger partial charge in [-0.2, -0.15) is 4.31 Å². The fourth-order valence-electron chi connectivity index (χ4n) is 2.99. The van der Waals surface area contributed by atoms with Crippen LogP contribution in [0.1, 0.15) is 33.3 Å². The fourth-order valence-corrected chi connectivity index (χ4v) is 4.42. The molecule has 2 heterocycles. The molecule has 2 aliphatic heterocycles. The normalized spacial score (nSPS) is 22.7. The van der Waals surface area contributed by atoms with E-state index in [0.717, 1.165) is 5.57 Å². The maximum Gasteiger partial charge on any atom is 0.269 e. The molecule has 1 aromatic carbocycles. The zero-order valence-corrected chi connectivity index (χ0v) is 16.7. The molecule has 27 heavy (non-hydrogen) atoms. The minimum Gasteiger partial charge on any atom is -0.340 e. The number of sulfonamides is 1. The van der Waals surface area contributed by atoms with E-state index in [-0.39, 0.29) is 24.5 Å². The van der Waals surface area contributed by atoms with Gasteiger partial charge in [0.1, 0.15) is 0 Å². The van der Waals surface area contributed by atoms with Gasteiger partial charge in [0.15, 0.2) is 6.29 Å². The first-order chi connectivity index (χ1) is 12.4. The van der Waals surface area contributed by atoms with Crippen molar-refractivity contribution in [3.63, 3.8) is 0 Å². The van der Waals surface area contributed by atoms with Gasteiger partial charge in [0.05, 0.1) is 21.9 Å². The highest BCUT2D eigenvalue weighted by atomic mass is 32.2. The van der Waals surface area contributed by atoms with Crippen LogP contribution in [0, 0.1) is 10.1 Å². The summed E-state index contributed by atoms with van der Waals surface area (Å²) in [4.78, 5) is 10.3. The van der Waals surface area contributed by atoms with Crippen molar-refractivity contribution < 1.29 is 22.8 Å². The van der Waals surface area contributed by atoms with Gasteiger partial charge in [-0.25, -0.2) is 8.42 Å². The van der Waals surface area contributed by atoms with Crippen LogP contribution in [0.5, 0.6) is 0 Å². The maximum atomic E-state index is 12.7. The Morgan fingerprint density at radius 1 is 1.22 bits per heavy atom. The fraction of sp³-hybridized carbons (Fsp3) is 0.556. The monoisotopic (exact) mass is 396 g/mol. The van der Waals surface area contributed by atoms with Gasteiger partial charge in [-0.3, -0.25) is 10.1 Å². The van der Waals surface area contributed by atoms with Crippen molar-refractivity contribution in [2.24, 2.45) is 0 Å². The van der Waals surface area contributed by atoms with E-state index in [1.807, 2.05) is 33.8 Å². The highest BCUT2D eigenvalue weighted by Gasteiger charge is 2.50. The smallest absolute Gasteiger partial charge is 0.269 e. The van der Waals surface area contributed by atoms with Crippen LogP contribution in [0.25, 0.3) is 0 Å². The van der Waals surface area contributed by atoms with Crippen LogP contribution in [0.4, 0.5) is 5.69 Å². The van der Waals surface area contributed by atoms with Gasteiger partial charge in [-0.15, -0.1) is 0 Å². The van der Waals surface area contributed by atoms with Gasteiger partial charge in [0.25, 0.3) is 5.69 Å². The van der Waals surface area contributed by atoms with E-state index in [1.165, 1.54) is 22.5 Å². The lowest BCUT2D eigenvalue weighted by atomic mass is 9.90. The lowest BCUT2D eigenvalue weighted by Crippen LogP contribution is -2.41. The highest BCUT2D eigenvalue weighted by Crippen LogP contribution is 2.41. The number of hydrogen-bond donors (Lipinski definition) is 0. The lowest BCUT2D eigenvalue weighted by molar-refractivity contribution is -0.384. The summed E-state index contributed by atoms with van der Waals surface area (Å²) in [5.74, 6) is -0.292. The zero-order valence-electron chi connectivity index (χ0n) is 15.8. The lowest BCUT2D eigenvalue weighted by Gasteiger charge is -2.30. The van der Waals surface area contributed by atoms with Crippen molar-refractivity contribution in [3.05, 3.63) is 51.6 Å². The average Bonchev–Trinajstić information content (AvgIpc) is 3.11. The van der Waals surface area contributed by atoms with Gasteiger partial charge < -0.3 is 9.47 Å². The molecule has 8 nitrogen and oxygen atoms in total. The van der Waals surface area contributed by atoms with Gasteiger partial charge in [-0.05, 0) is 38.8 Å². The van der Waals surface area contributed by atoms with Crippen LogP contribution in [-0.2, 0) is 25.2 Å². The molecule has 1 saturated heterocycles. The molecular weight excluding hydrogens is 372 g/mol. The number of nitro benzene ring substituents is 1. The molecule has 0 N–H and O–H groups in total. The third kappa shape index (κ3) is 3.91. The Labute approximate surface area is 159 Å². The summed E-state index contributed by atoms with van der Waals surface area (Å²) in [7, 11) is -3.63. The number of ether oxygens (including phenoxy) is 2. The summed E-state index contributed by atoms with van der Waals surface area (Å²) in [5.41, 5.74) is 0.0476. The van der Waals surface area contributed by atoms with Crippen LogP contribution in [0.15, 0.2) is 35.9 Å². The molecule has 0 aromatic heterocycles. The summed E-state index contributed by atoms with van der Waals surface area (Å²) < 4.78 is 38.8. The highest BCUT2D eigenvalue weighted by molar-refractivity contribution is 7.88. The molecule has 0 unspecified atom stereocenters. The SMILES string of the molecule is CC1(C)OC(C2=CCN(S(=O)(=O)Cc3cccc([N+](=O)[O-])c3)C2)OC1(C)C. The first-order valence-corrected chi connectivity index (χ1v) is 10.3. The summed E-state index contributed by atoms with van der Waals surface area (Å²) in [6.07, 6.45) is 1.24. The van der Waals surface area contributed by atoms with E-state index < -0.39 is 32.4 Å². The molecule has 1 aromatic rings. The van der Waals surface area contributed by atoms with E-state index in [4.69, 9.17) is 9.47 Å². The van der Waals surface area contributed by atoms with E-state index in [9.17, 15) is 18.5 Å². The molecular formula is C18H24N2O6S. The molecule has 2 aliphatic rings. The second-order valence-electron chi connectivity index (χ2n) is 7.84. The second kappa shape index (κ2) is 6.66. The quantitative estimate of drug-likeness (QED) is 0.431. The van der Waals surface area contributed by atoms with E-state index in [2.05, 4.69) is 0 Å². The Kier molecular flexibility index (Phi) is 4.92. The molecule has 0 aliphatic carbocycles. The number of hydrogen-bond acceptors (Lipinski definition) is 6. The van der Waals surface area contributed by atoms with E-state index >= 15 is 0 Å². The Morgan fingerprint density at radius 2 is 1.85 bits per heavy atom. The third-order valence-corrected chi connectivity index (χ3v) is 7.10. The molecule has 0 bridgehead atoms. The molecule has 0 spiro atoms. The predicted octanol–water partition coefficient (Wildman–Crippen LogP) is 2.60. The standard InChI is InChI=1S/C18H24N2O6S/c1-17(2)18(3,4)26-16(25-17)14-8-9-19(11-14)27(23,24)12-13-6-5-7-15(10-13)20(21)22/h5-8,10,16H,9,11-12H2,1-4H3. The van der Waals surface area contributed by atoms with Crippen molar-refractivity contribution in [1.29, 1.82) is 0 Å². The maximum absolute atomic E-state index is 12.7. The number of nitro groups is 1. The molecule has 1 fully saturated rings. The third-order valence-electron chi connectivity index (χ3n) is 5.34. The van der Waals surface area contributed by atoms with Crippen molar-refractivity contribution >= 4 is 15.7 Å². The molecule has 0 amide bonds. The Hall–Kier alpha value is -1.81. The zero-order chi connectivity index (χ0) is 20.0. The molecule has 0 radical (unpaired) electrons. The Bertz CT molecular complexity index is 875. The largest absolute Gasteiger partial charge is 0.340 e. The average molecular weight is 396 g/mol. The number of nitrogens with zero attached hydrogens (tertiary/aromatic N) is 2. The van der Waals surface area contributed by atoms with Gasteiger partial charge in [0.2, 0.25) is 10.0 Å². The molecule has 9 heteroatoms. The summed E-state index contributed by atoms with van der Waals surface area (Å²) >= 11 is 0. The first-order valence-electron chi connectivity index (χ1n) is 8.67. The van der Waals surface area contributed by atoms with Gasteiger partial charge in [0, 0.05) is 25.2 Å². The number of benzene rings is 1. The van der Waals surface area contributed by atoms with Crippen LogP contribution < -0.4 is 0 Å². The molecule has 0 atom stereocenters. The second-order valence-corrected chi connectivity index (χ2v) is 9.81. The molecule has 3 rings (SSSR count). The summed E-state index contributed by atoms with van der Waals surface area (Å²) in [5, 5.41) is 10.9. The topological polar surface area (TPSA) is 99.0 Å². The number of non-ortho nitro benzene ring substituents is 1. The van der Waals surface area contributed by atoms with Gasteiger partial charge >= 0.3 is 0 Å². The van der Waals surface area contributed by atoms with Crippen LogP contribution in [0.3, 0.4) is 0 Å². The van der Waals surface area contributed by atoms with Crippen LogP contribution in [-0.4, -0.2) is 48.2 Å².